The van der Waals surface area contributed by atoms with Gasteiger partial charge in [-0.15, -0.1) is 0 Å². The number of rotatable bonds is 8. The van der Waals surface area contributed by atoms with Gasteiger partial charge in [0.2, 0.25) is 0 Å². The molecule has 5 nitrogen and oxygen atoms in total. The number of para-hydroxylation sites is 1. The quantitative estimate of drug-likeness (QED) is 0.809. The fourth-order valence-electron chi connectivity index (χ4n) is 3.30. The van der Waals surface area contributed by atoms with Crippen LogP contribution < -0.4 is 4.74 Å². The summed E-state index contributed by atoms with van der Waals surface area (Å²) in [7, 11) is 2.00. The van der Waals surface area contributed by atoms with Crippen LogP contribution in [-0.4, -0.2) is 38.8 Å². The molecule has 1 heterocycles. The van der Waals surface area contributed by atoms with Crippen molar-refractivity contribution >= 4 is 0 Å². The zero-order valence-electron chi connectivity index (χ0n) is 14.4. The lowest BCUT2D eigenvalue weighted by Crippen LogP contribution is -2.27. The van der Waals surface area contributed by atoms with E-state index in [0.29, 0.717) is 12.6 Å². The Balaban J connectivity index is 1.70. The number of aliphatic hydroxyl groups excluding tert-OH is 1. The Bertz CT molecular complexity index is 635. The Kier molecular flexibility index (Phi) is 5.88. The molecule has 24 heavy (non-hydrogen) atoms. The fraction of sp³-hybridized carbons (Fsp3) is 0.526. The first-order valence-corrected chi connectivity index (χ1v) is 8.79. The SMILES string of the molecule is Cn1cncc1CN(CCO)Cc1ccccc1OC1CCCC1. The predicted molar refractivity (Wildman–Crippen MR) is 93.7 cm³/mol. The van der Waals surface area contributed by atoms with Crippen LogP contribution in [0.25, 0.3) is 0 Å². The van der Waals surface area contributed by atoms with Crippen molar-refractivity contribution in [2.24, 2.45) is 7.05 Å². The van der Waals surface area contributed by atoms with E-state index in [0.717, 1.165) is 37.4 Å². The second-order valence-electron chi connectivity index (χ2n) is 6.56. The highest BCUT2D eigenvalue weighted by Gasteiger charge is 2.18. The van der Waals surface area contributed by atoms with E-state index in [9.17, 15) is 5.11 Å². The Labute approximate surface area is 143 Å². The molecule has 0 aliphatic heterocycles. The average molecular weight is 329 g/mol. The lowest BCUT2D eigenvalue weighted by atomic mass is 10.1. The van der Waals surface area contributed by atoms with Gasteiger partial charge >= 0.3 is 0 Å². The van der Waals surface area contributed by atoms with E-state index in [1.807, 2.05) is 30.2 Å². The number of aryl methyl sites for hydroxylation is 1. The second kappa shape index (κ2) is 8.31. The summed E-state index contributed by atoms with van der Waals surface area (Å²) in [5.41, 5.74) is 2.32. The van der Waals surface area contributed by atoms with E-state index in [2.05, 4.69) is 28.1 Å². The van der Waals surface area contributed by atoms with Crippen LogP contribution in [-0.2, 0) is 20.1 Å². The van der Waals surface area contributed by atoms with Crippen LogP contribution in [0.5, 0.6) is 5.75 Å². The zero-order chi connectivity index (χ0) is 16.8. The van der Waals surface area contributed by atoms with E-state index in [4.69, 9.17) is 4.74 Å². The molecule has 1 N–H and O–H groups in total. The van der Waals surface area contributed by atoms with Crippen molar-refractivity contribution < 1.29 is 9.84 Å². The van der Waals surface area contributed by atoms with Gasteiger partial charge in [0.1, 0.15) is 5.75 Å². The van der Waals surface area contributed by atoms with Gasteiger partial charge in [0, 0.05) is 38.4 Å². The van der Waals surface area contributed by atoms with Crippen molar-refractivity contribution in [1.82, 2.24) is 14.5 Å². The zero-order valence-corrected chi connectivity index (χ0v) is 14.4. The van der Waals surface area contributed by atoms with Crippen molar-refractivity contribution in [3.8, 4) is 5.75 Å². The summed E-state index contributed by atoms with van der Waals surface area (Å²) in [5.74, 6) is 0.984. The van der Waals surface area contributed by atoms with Gasteiger partial charge in [0.25, 0.3) is 0 Å². The highest BCUT2D eigenvalue weighted by Crippen LogP contribution is 2.27. The smallest absolute Gasteiger partial charge is 0.124 e. The molecule has 3 rings (SSSR count). The van der Waals surface area contributed by atoms with E-state index in [1.165, 1.54) is 18.4 Å². The van der Waals surface area contributed by atoms with Crippen LogP contribution in [0.2, 0.25) is 0 Å². The topological polar surface area (TPSA) is 50.5 Å². The Morgan fingerprint density at radius 2 is 2.04 bits per heavy atom. The highest BCUT2D eigenvalue weighted by atomic mass is 16.5. The van der Waals surface area contributed by atoms with Crippen LogP contribution in [0, 0.1) is 0 Å². The molecule has 1 aliphatic carbocycles. The number of ether oxygens (including phenoxy) is 1. The van der Waals surface area contributed by atoms with Gasteiger partial charge in [-0.2, -0.15) is 0 Å². The number of aliphatic hydroxyl groups is 1. The number of hydrogen-bond acceptors (Lipinski definition) is 4. The van der Waals surface area contributed by atoms with Gasteiger partial charge in [-0.05, 0) is 31.7 Å². The van der Waals surface area contributed by atoms with Gasteiger partial charge in [-0.25, -0.2) is 4.98 Å². The van der Waals surface area contributed by atoms with Gasteiger partial charge in [-0.3, -0.25) is 4.90 Å². The maximum atomic E-state index is 9.42. The second-order valence-corrected chi connectivity index (χ2v) is 6.56. The molecule has 2 aromatic rings. The van der Waals surface area contributed by atoms with E-state index < -0.39 is 0 Å². The molecular formula is C19H27N3O2. The third kappa shape index (κ3) is 4.36. The summed E-state index contributed by atoms with van der Waals surface area (Å²) < 4.78 is 8.26. The Hall–Kier alpha value is -1.85. The molecule has 0 spiro atoms. The van der Waals surface area contributed by atoms with Crippen LogP contribution in [0.1, 0.15) is 36.9 Å². The summed E-state index contributed by atoms with van der Waals surface area (Å²) in [5, 5.41) is 9.42. The molecule has 1 saturated carbocycles. The largest absolute Gasteiger partial charge is 0.490 e. The van der Waals surface area contributed by atoms with Crippen LogP contribution in [0.3, 0.4) is 0 Å². The van der Waals surface area contributed by atoms with Crippen molar-refractivity contribution in [3.05, 3.63) is 48.0 Å². The van der Waals surface area contributed by atoms with Crippen LogP contribution in [0.15, 0.2) is 36.8 Å². The third-order valence-corrected chi connectivity index (χ3v) is 4.68. The van der Waals surface area contributed by atoms with Crippen LogP contribution in [0.4, 0.5) is 0 Å². The standard InChI is InChI=1S/C19H27N3O2/c1-21-15-20-12-17(21)14-22(10-11-23)13-16-6-2-5-9-19(16)24-18-7-3-4-8-18/h2,5-6,9,12,15,18,23H,3-4,7-8,10-11,13-14H2,1H3. The highest BCUT2D eigenvalue weighted by molar-refractivity contribution is 5.33. The first-order valence-electron chi connectivity index (χ1n) is 8.79. The Morgan fingerprint density at radius 1 is 1.25 bits per heavy atom. The maximum absolute atomic E-state index is 9.42. The van der Waals surface area contributed by atoms with Gasteiger partial charge in [-0.1, -0.05) is 18.2 Å². The fourth-order valence-corrected chi connectivity index (χ4v) is 3.30. The number of nitrogens with zero attached hydrogens (tertiary/aromatic N) is 3. The molecule has 0 unspecified atom stereocenters. The lowest BCUT2D eigenvalue weighted by Gasteiger charge is -2.24. The molecule has 0 saturated heterocycles. The molecule has 0 bridgehead atoms. The summed E-state index contributed by atoms with van der Waals surface area (Å²) in [6.07, 6.45) is 8.89. The van der Waals surface area contributed by atoms with E-state index in [1.54, 1.807) is 0 Å². The van der Waals surface area contributed by atoms with E-state index >= 15 is 0 Å². The molecule has 1 aromatic heterocycles. The minimum Gasteiger partial charge on any atom is -0.490 e. The Morgan fingerprint density at radius 3 is 2.75 bits per heavy atom. The minimum atomic E-state index is 0.142. The summed E-state index contributed by atoms with van der Waals surface area (Å²) in [4.78, 5) is 6.41. The lowest BCUT2D eigenvalue weighted by molar-refractivity contribution is 0.173. The monoisotopic (exact) mass is 329 g/mol. The summed E-state index contributed by atoms with van der Waals surface area (Å²) in [6, 6.07) is 8.27. The molecule has 1 aliphatic rings. The normalized spacial score (nSPS) is 15.3. The van der Waals surface area contributed by atoms with Crippen molar-refractivity contribution in [1.29, 1.82) is 0 Å². The number of aromatic nitrogens is 2. The van der Waals surface area contributed by atoms with Gasteiger partial charge in [0.15, 0.2) is 0 Å². The summed E-state index contributed by atoms with van der Waals surface area (Å²) in [6.45, 7) is 2.29. The van der Waals surface area contributed by atoms with Crippen LogP contribution >= 0.6 is 0 Å². The molecule has 130 valence electrons. The first-order chi connectivity index (χ1) is 11.8. The summed E-state index contributed by atoms with van der Waals surface area (Å²) >= 11 is 0. The third-order valence-electron chi connectivity index (χ3n) is 4.68. The van der Waals surface area contributed by atoms with E-state index in [-0.39, 0.29) is 6.61 Å². The predicted octanol–water partition coefficient (Wildman–Crippen LogP) is 2.74. The minimum absolute atomic E-state index is 0.142. The maximum Gasteiger partial charge on any atom is 0.124 e. The molecule has 1 fully saturated rings. The first kappa shape index (κ1) is 17.0. The molecule has 0 amide bonds. The molecule has 5 heteroatoms. The number of imidazole rings is 1. The van der Waals surface area contributed by atoms with Gasteiger partial charge < -0.3 is 14.4 Å². The molecule has 1 aromatic carbocycles. The number of hydrogen-bond donors (Lipinski definition) is 1. The molecule has 0 atom stereocenters. The average Bonchev–Trinajstić information content (AvgIpc) is 3.22. The van der Waals surface area contributed by atoms with Crippen molar-refractivity contribution in [2.45, 2.75) is 44.9 Å². The number of benzene rings is 1. The van der Waals surface area contributed by atoms with Crippen molar-refractivity contribution in [3.63, 3.8) is 0 Å². The molecular weight excluding hydrogens is 302 g/mol. The molecule has 0 radical (unpaired) electrons. The van der Waals surface area contributed by atoms with Gasteiger partial charge in [0.05, 0.1) is 24.7 Å². The van der Waals surface area contributed by atoms with Crippen molar-refractivity contribution in [2.75, 3.05) is 13.2 Å².